The van der Waals surface area contributed by atoms with Gasteiger partial charge in [-0.3, -0.25) is 14.3 Å². The van der Waals surface area contributed by atoms with Crippen LogP contribution in [0.3, 0.4) is 0 Å². The molecule has 2 amide bonds. The summed E-state index contributed by atoms with van der Waals surface area (Å²) < 4.78 is 2.01. The molecule has 0 N–H and O–H groups in total. The number of amides is 2. The zero-order valence-electron chi connectivity index (χ0n) is 15.3. The molecule has 6 heteroatoms. The number of likely N-dealkylation sites (tertiary alicyclic amines) is 1. The van der Waals surface area contributed by atoms with Crippen molar-refractivity contribution in [1.29, 1.82) is 0 Å². The smallest absolute Gasteiger partial charge is 0.253 e. The number of anilines is 1. The van der Waals surface area contributed by atoms with E-state index >= 15 is 0 Å². The van der Waals surface area contributed by atoms with Crippen molar-refractivity contribution in [2.75, 3.05) is 25.0 Å². The molecule has 0 unspecified atom stereocenters. The Balaban J connectivity index is 1.61. The highest BCUT2D eigenvalue weighted by Crippen LogP contribution is 2.24. The van der Waals surface area contributed by atoms with Crippen molar-refractivity contribution < 1.29 is 9.59 Å². The molecule has 1 aliphatic rings. The Labute approximate surface area is 153 Å². The second-order valence-electron chi connectivity index (χ2n) is 6.61. The first-order chi connectivity index (χ1) is 12.5. The molecule has 0 radical (unpaired) electrons. The van der Waals surface area contributed by atoms with Crippen LogP contribution in [0.15, 0.2) is 49.2 Å². The average Bonchev–Trinajstić information content (AvgIpc) is 3.13. The molecule has 0 aliphatic carbocycles. The Morgan fingerprint density at radius 1 is 1.19 bits per heavy atom. The van der Waals surface area contributed by atoms with Gasteiger partial charge in [-0.2, -0.15) is 5.10 Å². The number of carbonyl (C=O) groups is 2. The SMILES string of the molecule is C=CC(=O)N(C)c1ccc(C(=O)N2CCC(n3ccc(C)n3)CC2)cc1. The van der Waals surface area contributed by atoms with Crippen LogP contribution >= 0.6 is 0 Å². The molecule has 0 atom stereocenters. The summed E-state index contributed by atoms with van der Waals surface area (Å²) in [7, 11) is 1.68. The van der Waals surface area contributed by atoms with E-state index in [-0.39, 0.29) is 11.8 Å². The van der Waals surface area contributed by atoms with Crippen molar-refractivity contribution in [1.82, 2.24) is 14.7 Å². The summed E-state index contributed by atoms with van der Waals surface area (Å²) in [6.45, 7) is 6.91. The Bertz CT molecular complexity index is 801. The van der Waals surface area contributed by atoms with E-state index in [9.17, 15) is 9.59 Å². The van der Waals surface area contributed by atoms with E-state index in [0.29, 0.717) is 11.6 Å². The summed E-state index contributed by atoms with van der Waals surface area (Å²) in [5, 5.41) is 4.48. The van der Waals surface area contributed by atoms with Gasteiger partial charge in [0.25, 0.3) is 5.91 Å². The van der Waals surface area contributed by atoms with Crippen molar-refractivity contribution in [2.45, 2.75) is 25.8 Å². The van der Waals surface area contributed by atoms with Crippen LogP contribution in [0.1, 0.15) is 34.9 Å². The molecule has 1 saturated heterocycles. The van der Waals surface area contributed by atoms with E-state index in [4.69, 9.17) is 0 Å². The molecule has 26 heavy (non-hydrogen) atoms. The fraction of sp³-hybridized carbons (Fsp3) is 0.350. The number of carbonyl (C=O) groups excluding carboxylic acids is 2. The number of hydrogen-bond donors (Lipinski definition) is 0. The molecule has 0 saturated carbocycles. The topological polar surface area (TPSA) is 58.4 Å². The lowest BCUT2D eigenvalue weighted by Crippen LogP contribution is -2.39. The highest BCUT2D eigenvalue weighted by molar-refractivity contribution is 6.01. The van der Waals surface area contributed by atoms with Crippen LogP contribution in [0.25, 0.3) is 0 Å². The van der Waals surface area contributed by atoms with Crippen LogP contribution in [-0.2, 0) is 4.79 Å². The molecule has 2 heterocycles. The molecular weight excluding hydrogens is 328 g/mol. The maximum atomic E-state index is 12.7. The zero-order chi connectivity index (χ0) is 18.7. The minimum Gasteiger partial charge on any atom is -0.338 e. The third kappa shape index (κ3) is 3.69. The van der Waals surface area contributed by atoms with Crippen molar-refractivity contribution in [3.05, 3.63) is 60.4 Å². The molecule has 136 valence electrons. The highest BCUT2D eigenvalue weighted by Gasteiger charge is 2.25. The number of benzene rings is 1. The summed E-state index contributed by atoms with van der Waals surface area (Å²) >= 11 is 0. The first-order valence-electron chi connectivity index (χ1n) is 8.81. The monoisotopic (exact) mass is 352 g/mol. The van der Waals surface area contributed by atoms with Gasteiger partial charge in [0, 0.05) is 37.6 Å². The number of aromatic nitrogens is 2. The lowest BCUT2D eigenvalue weighted by Gasteiger charge is -2.32. The van der Waals surface area contributed by atoms with Gasteiger partial charge in [0.05, 0.1) is 11.7 Å². The van der Waals surface area contributed by atoms with Gasteiger partial charge < -0.3 is 9.80 Å². The van der Waals surface area contributed by atoms with E-state index in [0.717, 1.165) is 37.3 Å². The summed E-state index contributed by atoms with van der Waals surface area (Å²) in [5.74, 6) is -0.149. The van der Waals surface area contributed by atoms with Gasteiger partial charge >= 0.3 is 0 Å². The Hall–Kier alpha value is -2.89. The number of piperidine rings is 1. The molecule has 1 aromatic heterocycles. The molecule has 0 bridgehead atoms. The number of likely N-dealkylation sites (N-methyl/N-ethyl adjacent to an activating group) is 1. The van der Waals surface area contributed by atoms with E-state index in [1.54, 1.807) is 31.3 Å². The molecule has 0 spiro atoms. The highest BCUT2D eigenvalue weighted by atomic mass is 16.2. The van der Waals surface area contributed by atoms with Crippen LogP contribution in [0.4, 0.5) is 5.69 Å². The molecule has 3 rings (SSSR count). The summed E-state index contributed by atoms with van der Waals surface area (Å²) in [5.41, 5.74) is 2.39. The number of aryl methyl sites for hydroxylation is 1. The first kappa shape index (κ1) is 17.9. The van der Waals surface area contributed by atoms with Gasteiger partial charge in [0.1, 0.15) is 0 Å². The van der Waals surface area contributed by atoms with Gasteiger partial charge in [-0.05, 0) is 56.2 Å². The Morgan fingerprint density at radius 2 is 1.85 bits per heavy atom. The third-order valence-electron chi connectivity index (χ3n) is 4.87. The molecule has 2 aromatic rings. The summed E-state index contributed by atoms with van der Waals surface area (Å²) in [4.78, 5) is 27.8. The maximum absolute atomic E-state index is 12.7. The van der Waals surface area contributed by atoms with Crippen LogP contribution in [0.5, 0.6) is 0 Å². The number of nitrogens with zero attached hydrogens (tertiary/aromatic N) is 4. The standard InChI is InChI=1S/C20H24N4O2/c1-4-19(25)22(3)17-7-5-16(6-8-17)20(26)23-12-10-18(11-13-23)24-14-9-15(2)21-24/h4-9,14,18H,1,10-13H2,2-3H3. The largest absolute Gasteiger partial charge is 0.338 e. The predicted octanol–water partition coefficient (Wildman–Crippen LogP) is 2.82. The number of rotatable bonds is 4. The predicted molar refractivity (Wildman–Crippen MR) is 101 cm³/mol. The van der Waals surface area contributed by atoms with Gasteiger partial charge in [0.15, 0.2) is 0 Å². The van der Waals surface area contributed by atoms with Gasteiger partial charge in [0.2, 0.25) is 5.91 Å². The van der Waals surface area contributed by atoms with Crippen molar-refractivity contribution in [2.24, 2.45) is 0 Å². The molecule has 1 fully saturated rings. The number of hydrogen-bond acceptors (Lipinski definition) is 3. The third-order valence-corrected chi connectivity index (χ3v) is 4.87. The second kappa shape index (κ2) is 7.56. The summed E-state index contributed by atoms with van der Waals surface area (Å²) in [6, 6.07) is 9.48. The van der Waals surface area contributed by atoms with Crippen LogP contribution < -0.4 is 4.90 Å². The van der Waals surface area contributed by atoms with Crippen LogP contribution in [-0.4, -0.2) is 46.6 Å². The average molecular weight is 352 g/mol. The molecule has 6 nitrogen and oxygen atoms in total. The Kier molecular flexibility index (Phi) is 5.21. The lowest BCUT2D eigenvalue weighted by atomic mass is 10.0. The normalized spacial score (nSPS) is 14.9. The van der Waals surface area contributed by atoms with Crippen LogP contribution in [0, 0.1) is 6.92 Å². The van der Waals surface area contributed by atoms with E-state index in [2.05, 4.69) is 11.7 Å². The zero-order valence-corrected chi connectivity index (χ0v) is 15.3. The quantitative estimate of drug-likeness (QED) is 0.795. The van der Waals surface area contributed by atoms with Crippen molar-refractivity contribution in [3.8, 4) is 0 Å². The Morgan fingerprint density at radius 3 is 2.38 bits per heavy atom. The minimum atomic E-state index is -0.181. The molecular formula is C20H24N4O2. The minimum absolute atomic E-state index is 0.0318. The van der Waals surface area contributed by atoms with Gasteiger partial charge in [-0.15, -0.1) is 0 Å². The van der Waals surface area contributed by atoms with Crippen molar-refractivity contribution in [3.63, 3.8) is 0 Å². The lowest BCUT2D eigenvalue weighted by molar-refractivity contribution is -0.113. The van der Waals surface area contributed by atoms with E-state index in [1.807, 2.05) is 28.8 Å². The maximum Gasteiger partial charge on any atom is 0.253 e. The summed E-state index contributed by atoms with van der Waals surface area (Å²) in [6.07, 6.45) is 5.09. The van der Waals surface area contributed by atoms with E-state index in [1.165, 1.54) is 11.0 Å². The molecule has 1 aliphatic heterocycles. The molecule has 1 aromatic carbocycles. The first-order valence-corrected chi connectivity index (χ1v) is 8.81. The fourth-order valence-corrected chi connectivity index (χ4v) is 3.24. The van der Waals surface area contributed by atoms with Gasteiger partial charge in [-0.25, -0.2) is 0 Å². The van der Waals surface area contributed by atoms with E-state index < -0.39 is 0 Å². The van der Waals surface area contributed by atoms with Crippen LogP contribution in [0.2, 0.25) is 0 Å². The van der Waals surface area contributed by atoms with Gasteiger partial charge in [-0.1, -0.05) is 6.58 Å². The fourth-order valence-electron chi connectivity index (χ4n) is 3.24. The van der Waals surface area contributed by atoms with Crippen molar-refractivity contribution >= 4 is 17.5 Å². The second-order valence-corrected chi connectivity index (χ2v) is 6.61.